The van der Waals surface area contributed by atoms with Gasteiger partial charge in [-0.2, -0.15) is 0 Å². The van der Waals surface area contributed by atoms with Crippen LogP contribution < -0.4 is 5.43 Å². The number of fused-ring (bicyclic) bond motifs is 1. The Bertz CT molecular complexity index is 1280. The molecule has 0 fully saturated rings. The second kappa shape index (κ2) is 6.83. The first-order valence-corrected chi connectivity index (χ1v) is 8.66. The zero-order valence-corrected chi connectivity index (χ0v) is 15.1. The average molecular weight is 393 g/mol. The van der Waals surface area contributed by atoms with Gasteiger partial charge in [0.2, 0.25) is 0 Å². The predicted octanol–water partition coefficient (Wildman–Crippen LogP) is 3.82. The smallest absolute Gasteiger partial charge is 0.264 e. The molecule has 0 unspecified atom stereocenters. The standard InChI is InChI=1S/C21H13ClN2O4/c22-15-6-2-1-5-13(15)16-9-18(25)14-8-19(26)20(27)10-17(14)24(16)21(28)12-4-3-7-23-11-12/h1-11,26-27H. The maximum atomic E-state index is 13.3. The maximum Gasteiger partial charge on any atom is 0.264 e. The molecule has 2 aromatic carbocycles. The highest BCUT2D eigenvalue weighted by molar-refractivity contribution is 6.33. The third-order valence-electron chi connectivity index (χ3n) is 4.37. The van der Waals surface area contributed by atoms with Gasteiger partial charge in [-0.1, -0.05) is 29.8 Å². The van der Waals surface area contributed by atoms with Gasteiger partial charge >= 0.3 is 0 Å². The summed E-state index contributed by atoms with van der Waals surface area (Å²) < 4.78 is 1.29. The Hall–Kier alpha value is -3.64. The quantitative estimate of drug-likeness (QED) is 0.506. The van der Waals surface area contributed by atoms with Gasteiger partial charge in [0.05, 0.1) is 22.2 Å². The van der Waals surface area contributed by atoms with Gasteiger partial charge in [0.25, 0.3) is 5.91 Å². The summed E-state index contributed by atoms with van der Waals surface area (Å²) in [5.41, 5.74) is 0.755. The Balaban J connectivity index is 2.15. The first kappa shape index (κ1) is 17.8. The summed E-state index contributed by atoms with van der Waals surface area (Å²) in [4.78, 5) is 30.0. The minimum atomic E-state index is -0.460. The molecule has 138 valence electrons. The van der Waals surface area contributed by atoms with Crippen LogP contribution in [0.1, 0.15) is 10.4 Å². The Labute approximate surface area is 163 Å². The molecular weight excluding hydrogens is 380 g/mol. The average Bonchev–Trinajstić information content (AvgIpc) is 2.70. The van der Waals surface area contributed by atoms with Crippen molar-refractivity contribution in [1.29, 1.82) is 0 Å². The molecule has 28 heavy (non-hydrogen) atoms. The molecule has 2 heterocycles. The van der Waals surface area contributed by atoms with Crippen molar-refractivity contribution >= 4 is 28.4 Å². The first-order chi connectivity index (χ1) is 13.5. The third-order valence-corrected chi connectivity index (χ3v) is 4.70. The lowest BCUT2D eigenvalue weighted by atomic mass is 10.1. The van der Waals surface area contributed by atoms with Crippen LogP contribution in [-0.4, -0.2) is 25.7 Å². The minimum Gasteiger partial charge on any atom is -0.504 e. The van der Waals surface area contributed by atoms with E-state index in [1.54, 1.807) is 42.6 Å². The van der Waals surface area contributed by atoms with Gasteiger partial charge in [0.1, 0.15) is 0 Å². The Morgan fingerprint density at radius 2 is 1.75 bits per heavy atom. The largest absolute Gasteiger partial charge is 0.504 e. The Morgan fingerprint density at radius 1 is 1.00 bits per heavy atom. The third kappa shape index (κ3) is 2.90. The lowest BCUT2D eigenvalue weighted by Crippen LogP contribution is -2.19. The number of pyridine rings is 2. The number of hydrogen-bond donors (Lipinski definition) is 2. The Kier molecular flexibility index (Phi) is 4.33. The van der Waals surface area contributed by atoms with Crippen molar-refractivity contribution in [1.82, 2.24) is 9.55 Å². The van der Waals surface area contributed by atoms with E-state index in [0.29, 0.717) is 10.6 Å². The number of carbonyl (C=O) groups excluding carboxylic acids is 1. The van der Waals surface area contributed by atoms with E-state index >= 15 is 0 Å². The molecule has 0 bridgehead atoms. The van der Waals surface area contributed by atoms with E-state index in [-0.39, 0.29) is 22.2 Å². The van der Waals surface area contributed by atoms with Crippen LogP contribution in [0.3, 0.4) is 0 Å². The first-order valence-electron chi connectivity index (χ1n) is 8.29. The molecule has 2 N–H and O–H groups in total. The van der Waals surface area contributed by atoms with Crippen LogP contribution in [0.5, 0.6) is 11.5 Å². The van der Waals surface area contributed by atoms with E-state index in [1.165, 1.54) is 22.9 Å². The molecule has 0 spiro atoms. The van der Waals surface area contributed by atoms with E-state index in [1.807, 2.05) is 0 Å². The van der Waals surface area contributed by atoms with E-state index in [2.05, 4.69) is 4.98 Å². The fourth-order valence-electron chi connectivity index (χ4n) is 3.05. The van der Waals surface area contributed by atoms with Gasteiger partial charge in [-0.25, -0.2) is 0 Å². The van der Waals surface area contributed by atoms with Crippen molar-refractivity contribution in [3.05, 3.63) is 87.8 Å². The lowest BCUT2D eigenvalue weighted by molar-refractivity contribution is 0.0965. The molecular formula is C21H13ClN2O4. The number of hydrogen-bond acceptors (Lipinski definition) is 5. The van der Waals surface area contributed by atoms with Crippen molar-refractivity contribution < 1.29 is 15.0 Å². The zero-order chi connectivity index (χ0) is 19.8. The molecule has 0 aliphatic carbocycles. The van der Waals surface area contributed by atoms with Gasteiger partial charge in [0, 0.05) is 35.1 Å². The summed E-state index contributed by atoms with van der Waals surface area (Å²) in [5.74, 6) is -1.36. The van der Waals surface area contributed by atoms with Crippen LogP contribution in [0, 0.1) is 0 Å². The highest BCUT2D eigenvalue weighted by Gasteiger charge is 2.20. The number of phenols is 2. The molecule has 0 amide bonds. The molecule has 0 atom stereocenters. The number of aromatic nitrogens is 2. The summed E-state index contributed by atoms with van der Waals surface area (Å²) in [6.45, 7) is 0. The lowest BCUT2D eigenvalue weighted by Gasteiger charge is -2.17. The van der Waals surface area contributed by atoms with Crippen LogP contribution in [-0.2, 0) is 0 Å². The molecule has 0 saturated carbocycles. The second-order valence-corrected chi connectivity index (χ2v) is 6.52. The predicted molar refractivity (Wildman–Crippen MR) is 106 cm³/mol. The van der Waals surface area contributed by atoms with Crippen molar-refractivity contribution in [3.63, 3.8) is 0 Å². The normalized spacial score (nSPS) is 10.9. The van der Waals surface area contributed by atoms with E-state index in [4.69, 9.17) is 11.6 Å². The highest BCUT2D eigenvalue weighted by Crippen LogP contribution is 2.33. The second-order valence-electron chi connectivity index (χ2n) is 6.11. The number of benzene rings is 2. The zero-order valence-electron chi connectivity index (χ0n) is 14.3. The summed E-state index contributed by atoms with van der Waals surface area (Å²) in [6.07, 6.45) is 2.95. The number of carbonyl (C=O) groups is 1. The number of halogens is 1. The molecule has 0 aliphatic heterocycles. The van der Waals surface area contributed by atoms with Crippen molar-refractivity contribution in [2.24, 2.45) is 0 Å². The van der Waals surface area contributed by atoms with Gasteiger partial charge in [-0.05, 0) is 24.3 Å². The highest BCUT2D eigenvalue weighted by atomic mass is 35.5. The molecule has 4 aromatic rings. The molecule has 0 saturated heterocycles. The molecule has 0 aliphatic rings. The monoisotopic (exact) mass is 392 g/mol. The summed E-state index contributed by atoms with van der Waals surface area (Å²) >= 11 is 6.31. The molecule has 6 nitrogen and oxygen atoms in total. The summed E-state index contributed by atoms with van der Waals surface area (Å²) in [5, 5.41) is 20.2. The molecule has 7 heteroatoms. The number of nitrogens with zero attached hydrogens (tertiary/aromatic N) is 2. The van der Waals surface area contributed by atoms with Gasteiger partial charge in [0.15, 0.2) is 16.9 Å². The van der Waals surface area contributed by atoms with Crippen molar-refractivity contribution in [3.8, 4) is 22.8 Å². The number of rotatable bonds is 2. The number of aromatic hydroxyl groups is 2. The van der Waals surface area contributed by atoms with Gasteiger partial charge < -0.3 is 10.2 Å². The van der Waals surface area contributed by atoms with Crippen LogP contribution >= 0.6 is 11.6 Å². The molecule has 2 aromatic heterocycles. The van der Waals surface area contributed by atoms with E-state index in [0.717, 1.165) is 6.07 Å². The maximum absolute atomic E-state index is 13.3. The van der Waals surface area contributed by atoms with Crippen molar-refractivity contribution in [2.75, 3.05) is 0 Å². The SMILES string of the molecule is O=C(c1cccnc1)n1c(-c2ccccc2Cl)cc(=O)c2cc(O)c(O)cc21. The van der Waals surface area contributed by atoms with Gasteiger partial charge in [-0.15, -0.1) is 0 Å². The molecule has 4 rings (SSSR count). The summed E-state index contributed by atoms with van der Waals surface area (Å²) in [7, 11) is 0. The topological polar surface area (TPSA) is 92.4 Å². The fourth-order valence-corrected chi connectivity index (χ4v) is 3.28. The molecule has 0 radical (unpaired) electrons. The number of phenolic OH excluding ortho intramolecular Hbond substituents is 2. The van der Waals surface area contributed by atoms with Crippen LogP contribution in [0.25, 0.3) is 22.2 Å². The van der Waals surface area contributed by atoms with Crippen LogP contribution in [0.15, 0.2) is 71.8 Å². The van der Waals surface area contributed by atoms with Crippen LogP contribution in [0.4, 0.5) is 0 Å². The van der Waals surface area contributed by atoms with Gasteiger partial charge in [-0.3, -0.25) is 19.1 Å². The fraction of sp³-hybridized carbons (Fsp3) is 0. The summed E-state index contributed by atoms with van der Waals surface area (Å²) in [6, 6.07) is 13.6. The minimum absolute atomic E-state index is 0.0864. The Morgan fingerprint density at radius 3 is 2.46 bits per heavy atom. The van der Waals surface area contributed by atoms with Crippen LogP contribution in [0.2, 0.25) is 5.02 Å². The van der Waals surface area contributed by atoms with E-state index < -0.39 is 22.8 Å². The van der Waals surface area contributed by atoms with E-state index in [9.17, 15) is 19.8 Å². The van der Waals surface area contributed by atoms with Crippen molar-refractivity contribution in [2.45, 2.75) is 0 Å².